The number of nitrogens with two attached hydrogens (primary N) is 1. The quantitative estimate of drug-likeness (QED) is 0.477. The number of primary amides is 1. The van der Waals surface area contributed by atoms with Crippen LogP contribution in [0.15, 0.2) is 36.5 Å². The molecule has 0 spiro atoms. The zero-order valence-corrected chi connectivity index (χ0v) is 7.08. The molecule has 2 nitrogen and oxygen atoms in total. The summed E-state index contributed by atoms with van der Waals surface area (Å²) in [5.41, 5.74) is 5.48. The lowest BCUT2D eigenvalue weighted by molar-refractivity contribution is -0.106. The molecule has 0 aliphatic rings. The van der Waals surface area contributed by atoms with Crippen LogP contribution in [-0.2, 0) is 4.79 Å². The molecule has 0 radical (unpaired) electrons. The van der Waals surface area contributed by atoms with Crippen LogP contribution in [0.4, 0.5) is 0 Å². The van der Waals surface area contributed by atoms with Gasteiger partial charge in [-0.1, -0.05) is 36.5 Å². The van der Waals surface area contributed by atoms with Crippen LogP contribution in [0.25, 0.3) is 0 Å². The van der Waals surface area contributed by atoms with Gasteiger partial charge in [-0.25, -0.2) is 0 Å². The van der Waals surface area contributed by atoms with Crippen LogP contribution in [-0.4, -0.2) is 6.41 Å². The van der Waals surface area contributed by atoms with Gasteiger partial charge < -0.3 is 5.73 Å². The first-order valence-corrected chi connectivity index (χ1v) is 3.27. The molecule has 0 atom stereocenters. The molecule has 0 saturated heterocycles. The molecule has 0 unspecified atom stereocenters. The van der Waals surface area contributed by atoms with E-state index in [9.17, 15) is 0 Å². The molecule has 0 aromatic heterocycles. The summed E-state index contributed by atoms with van der Waals surface area (Å²) >= 11 is 0. The maximum atomic E-state index is 8.58. The summed E-state index contributed by atoms with van der Waals surface area (Å²) in [6.07, 6.45) is 7.94. The number of rotatable bonds is 2. The predicted molar refractivity (Wildman–Crippen MR) is 49.0 cm³/mol. The summed E-state index contributed by atoms with van der Waals surface area (Å²) in [7, 11) is 0. The van der Waals surface area contributed by atoms with Gasteiger partial charge in [0.2, 0.25) is 6.41 Å². The first kappa shape index (κ1) is 12.4. The lowest BCUT2D eigenvalue weighted by atomic mass is 10.3. The monoisotopic (exact) mass is 153 g/mol. The third-order valence-corrected chi connectivity index (χ3v) is 0.677. The van der Waals surface area contributed by atoms with E-state index in [0.29, 0.717) is 0 Å². The Morgan fingerprint density at radius 1 is 1.36 bits per heavy atom. The maximum Gasteiger partial charge on any atom is 0.204 e. The van der Waals surface area contributed by atoms with Crippen molar-refractivity contribution in [1.29, 1.82) is 0 Å². The molecule has 1 amide bonds. The molecule has 0 saturated carbocycles. The predicted octanol–water partition coefficient (Wildman–Crippen LogP) is 1.80. The Morgan fingerprint density at radius 2 is 1.82 bits per heavy atom. The molecule has 62 valence electrons. The van der Waals surface area contributed by atoms with Crippen LogP contribution >= 0.6 is 0 Å². The number of carbonyl (C=O) groups excluding carboxylic acids is 1. The highest BCUT2D eigenvalue weighted by molar-refractivity contribution is 5.42. The van der Waals surface area contributed by atoms with Gasteiger partial charge in [0.15, 0.2) is 0 Å². The zero-order chi connectivity index (χ0) is 9.11. The number of hydrogen-bond donors (Lipinski definition) is 1. The Hall–Kier alpha value is -1.31. The van der Waals surface area contributed by atoms with Gasteiger partial charge in [-0.05, 0) is 13.8 Å². The number of carbonyl (C=O) groups is 1. The van der Waals surface area contributed by atoms with Gasteiger partial charge in [-0.3, -0.25) is 4.79 Å². The average Bonchev–Trinajstić information content (AvgIpc) is 1.89. The molecule has 0 aliphatic carbocycles. The molecule has 0 aromatic rings. The van der Waals surface area contributed by atoms with Crippen molar-refractivity contribution in [2.24, 2.45) is 5.73 Å². The normalized spacial score (nSPS) is 7.82. The van der Waals surface area contributed by atoms with E-state index in [4.69, 9.17) is 4.79 Å². The van der Waals surface area contributed by atoms with Crippen molar-refractivity contribution >= 4 is 6.41 Å². The minimum atomic E-state index is 0.250. The second-order valence-corrected chi connectivity index (χ2v) is 2.00. The Balaban J connectivity index is 0. The standard InChI is InChI=1S/C8H12.CH3NO/c1-4-5-6-7-8(2)3;2-1-3/h4-7H,1H2,2-3H3;1H,(H2,2,3)/b6-5+;. The fourth-order valence-corrected chi connectivity index (χ4v) is 0.327. The SMILES string of the molecule is C=C/C=C/C=C(C)C.NC=O. The largest absolute Gasteiger partial charge is 0.372 e. The maximum absolute atomic E-state index is 8.58. The van der Waals surface area contributed by atoms with Gasteiger partial charge in [0, 0.05) is 0 Å². The average molecular weight is 153 g/mol. The van der Waals surface area contributed by atoms with E-state index in [1.165, 1.54) is 5.57 Å². The van der Waals surface area contributed by atoms with E-state index in [0.717, 1.165) is 0 Å². The topological polar surface area (TPSA) is 43.1 Å². The van der Waals surface area contributed by atoms with Crippen molar-refractivity contribution < 1.29 is 4.79 Å². The Morgan fingerprint density at radius 3 is 2.09 bits per heavy atom. The van der Waals surface area contributed by atoms with E-state index in [-0.39, 0.29) is 6.41 Å². The van der Waals surface area contributed by atoms with Crippen LogP contribution in [0.3, 0.4) is 0 Å². The van der Waals surface area contributed by atoms with Crippen molar-refractivity contribution in [2.75, 3.05) is 0 Å². The smallest absolute Gasteiger partial charge is 0.204 e. The van der Waals surface area contributed by atoms with Crippen molar-refractivity contribution in [1.82, 2.24) is 0 Å². The molecular formula is C9H15NO. The summed E-state index contributed by atoms with van der Waals surface area (Å²) in [6, 6.07) is 0. The summed E-state index contributed by atoms with van der Waals surface area (Å²) in [4.78, 5) is 8.58. The van der Waals surface area contributed by atoms with E-state index in [1.807, 2.05) is 18.2 Å². The Bertz CT molecular complexity index is 153. The van der Waals surface area contributed by atoms with Crippen molar-refractivity contribution in [3.05, 3.63) is 36.5 Å². The molecular weight excluding hydrogens is 138 g/mol. The fraction of sp³-hybridized carbons (Fsp3) is 0.222. The van der Waals surface area contributed by atoms with Crippen LogP contribution < -0.4 is 5.73 Å². The molecule has 0 heterocycles. The third kappa shape index (κ3) is 28.6. The van der Waals surface area contributed by atoms with Gasteiger partial charge in [-0.2, -0.15) is 0 Å². The molecule has 0 aliphatic heterocycles. The summed E-state index contributed by atoms with van der Waals surface area (Å²) < 4.78 is 0. The van der Waals surface area contributed by atoms with Crippen LogP contribution in [0.2, 0.25) is 0 Å². The highest BCUT2D eigenvalue weighted by Crippen LogP contribution is 1.87. The molecule has 0 rings (SSSR count). The number of amides is 1. The lowest BCUT2D eigenvalue weighted by Crippen LogP contribution is -1.82. The first-order valence-electron chi connectivity index (χ1n) is 3.27. The van der Waals surface area contributed by atoms with Gasteiger partial charge in [0.1, 0.15) is 0 Å². The van der Waals surface area contributed by atoms with Crippen LogP contribution in [0.1, 0.15) is 13.8 Å². The van der Waals surface area contributed by atoms with Crippen molar-refractivity contribution in [2.45, 2.75) is 13.8 Å². The Labute approximate surface area is 68.1 Å². The summed E-state index contributed by atoms with van der Waals surface area (Å²) in [5, 5.41) is 0. The van der Waals surface area contributed by atoms with Gasteiger partial charge >= 0.3 is 0 Å². The zero-order valence-electron chi connectivity index (χ0n) is 7.08. The van der Waals surface area contributed by atoms with E-state index in [2.05, 4.69) is 26.2 Å². The van der Waals surface area contributed by atoms with E-state index >= 15 is 0 Å². The highest BCUT2D eigenvalue weighted by atomic mass is 16.1. The Kier molecular flexibility index (Phi) is 12.9. The van der Waals surface area contributed by atoms with E-state index in [1.54, 1.807) is 6.08 Å². The van der Waals surface area contributed by atoms with Crippen molar-refractivity contribution in [3.8, 4) is 0 Å². The number of hydrogen-bond acceptors (Lipinski definition) is 1. The van der Waals surface area contributed by atoms with Gasteiger partial charge in [0.05, 0.1) is 0 Å². The molecule has 2 heteroatoms. The summed E-state index contributed by atoms with van der Waals surface area (Å²) in [6.45, 7) is 7.67. The molecule has 2 N–H and O–H groups in total. The lowest BCUT2D eigenvalue weighted by Gasteiger charge is -1.78. The van der Waals surface area contributed by atoms with Gasteiger partial charge in [-0.15, -0.1) is 0 Å². The van der Waals surface area contributed by atoms with Crippen LogP contribution in [0.5, 0.6) is 0 Å². The summed E-state index contributed by atoms with van der Waals surface area (Å²) in [5.74, 6) is 0. The molecule has 11 heavy (non-hydrogen) atoms. The number of allylic oxidation sites excluding steroid dienone is 5. The first-order chi connectivity index (χ1) is 5.18. The minimum absolute atomic E-state index is 0.250. The molecule has 0 bridgehead atoms. The second kappa shape index (κ2) is 11.5. The third-order valence-electron chi connectivity index (χ3n) is 0.677. The van der Waals surface area contributed by atoms with E-state index < -0.39 is 0 Å². The van der Waals surface area contributed by atoms with Crippen molar-refractivity contribution in [3.63, 3.8) is 0 Å². The van der Waals surface area contributed by atoms with Gasteiger partial charge in [0.25, 0.3) is 0 Å². The van der Waals surface area contributed by atoms with Crippen LogP contribution in [0, 0.1) is 0 Å². The fourth-order valence-electron chi connectivity index (χ4n) is 0.327. The minimum Gasteiger partial charge on any atom is -0.372 e. The molecule has 0 aromatic carbocycles. The molecule has 0 fully saturated rings. The highest BCUT2D eigenvalue weighted by Gasteiger charge is 1.66. The second-order valence-electron chi connectivity index (χ2n) is 2.00.